The fourth-order valence-corrected chi connectivity index (χ4v) is 3.91. The molecule has 5 rings (SSSR count). The molecule has 3 aromatic rings. The fourth-order valence-electron chi connectivity index (χ4n) is 3.91. The van der Waals surface area contributed by atoms with E-state index >= 15 is 0 Å². The molecule has 3 N–H and O–H groups in total. The number of primary amides is 1. The van der Waals surface area contributed by atoms with Crippen LogP contribution in [0.3, 0.4) is 0 Å². The van der Waals surface area contributed by atoms with Gasteiger partial charge in [-0.25, -0.2) is 19.3 Å². The zero-order chi connectivity index (χ0) is 26.4. The van der Waals surface area contributed by atoms with Crippen LogP contribution in [-0.2, 0) is 23.8 Å². The Hall–Kier alpha value is -3.90. The molecule has 3 heterocycles. The van der Waals surface area contributed by atoms with Crippen LogP contribution >= 0.6 is 0 Å². The monoisotopic (exact) mass is 510 g/mol. The Morgan fingerprint density at radius 2 is 1.81 bits per heavy atom. The number of carbonyl (C=O) groups excluding carboxylic acids is 2. The van der Waals surface area contributed by atoms with Gasteiger partial charge in [0.25, 0.3) is 5.91 Å². The Balaban J connectivity index is 1.41. The molecule has 0 atom stereocenters. The summed E-state index contributed by atoms with van der Waals surface area (Å²) in [5.74, 6) is -0.773. The predicted molar refractivity (Wildman–Crippen MR) is 129 cm³/mol. The first kappa shape index (κ1) is 24.8. The summed E-state index contributed by atoms with van der Waals surface area (Å²) in [7, 11) is 3.66. The minimum Gasteiger partial charge on any atom is -0.448 e. The smallest absolute Gasteiger partial charge is 0.317 e. The Bertz CT molecular complexity index is 1330. The Morgan fingerprint density at radius 1 is 1.14 bits per heavy atom. The highest BCUT2D eigenvalue weighted by molar-refractivity contribution is 5.90. The lowest BCUT2D eigenvalue weighted by Gasteiger charge is -2.35. The van der Waals surface area contributed by atoms with Crippen molar-refractivity contribution in [1.29, 1.82) is 0 Å². The molecule has 0 radical (unpaired) electrons. The molecule has 11 nitrogen and oxygen atoms in total. The van der Waals surface area contributed by atoms with Crippen LogP contribution in [0, 0.1) is 11.2 Å². The minimum absolute atomic E-state index is 0.0223. The van der Waals surface area contributed by atoms with Gasteiger partial charge in [-0.2, -0.15) is 0 Å². The van der Waals surface area contributed by atoms with Crippen molar-refractivity contribution in [2.75, 3.05) is 32.2 Å². The van der Waals surface area contributed by atoms with Crippen LogP contribution in [0.15, 0.2) is 36.5 Å². The highest BCUT2D eigenvalue weighted by atomic mass is 19.1. The van der Waals surface area contributed by atoms with E-state index in [4.69, 9.17) is 24.9 Å². The van der Waals surface area contributed by atoms with Gasteiger partial charge in [0.15, 0.2) is 11.4 Å². The van der Waals surface area contributed by atoms with Crippen LogP contribution < -0.4 is 10.6 Å². The molecule has 0 bridgehead atoms. The van der Waals surface area contributed by atoms with E-state index in [0.29, 0.717) is 47.3 Å². The van der Waals surface area contributed by atoms with E-state index in [2.05, 4.69) is 15.0 Å². The summed E-state index contributed by atoms with van der Waals surface area (Å²) in [6.07, 6.45) is 1.55. The van der Waals surface area contributed by atoms with Crippen molar-refractivity contribution in [3.05, 3.63) is 48.2 Å². The third-order valence-electron chi connectivity index (χ3n) is 6.40. The van der Waals surface area contributed by atoms with Gasteiger partial charge in [0.05, 0.1) is 30.3 Å². The average molecular weight is 511 g/mol. The molecule has 12 heteroatoms. The molecule has 1 aliphatic heterocycles. The molecular weight excluding hydrogens is 483 g/mol. The van der Waals surface area contributed by atoms with E-state index in [-0.39, 0.29) is 19.0 Å². The number of aromatic nitrogens is 4. The SMILES string of the molecule is CN(C)c1nccc(-c2[nH]c(C3OCC(C)(C(=O)OC4(C(N)=O)CC4)CO3)nc2-c2ccc(F)cc2)n1. The first-order valence-electron chi connectivity index (χ1n) is 11.7. The second-order valence-electron chi connectivity index (χ2n) is 9.75. The van der Waals surface area contributed by atoms with Crippen molar-refractivity contribution < 1.29 is 28.2 Å². The molecule has 1 aliphatic carbocycles. The molecule has 0 unspecified atom stereocenters. The Labute approximate surface area is 212 Å². The van der Waals surface area contributed by atoms with E-state index in [0.717, 1.165) is 0 Å². The molecule has 0 spiro atoms. The van der Waals surface area contributed by atoms with Crippen molar-refractivity contribution in [1.82, 2.24) is 19.9 Å². The summed E-state index contributed by atoms with van der Waals surface area (Å²) >= 11 is 0. The first-order valence-corrected chi connectivity index (χ1v) is 11.7. The topological polar surface area (TPSA) is 146 Å². The molecule has 1 saturated heterocycles. The Kier molecular flexibility index (Phi) is 6.16. The van der Waals surface area contributed by atoms with E-state index in [9.17, 15) is 14.0 Å². The summed E-state index contributed by atoms with van der Waals surface area (Å²) in [5.41, 5.74) is 5.36. The number of carbonyl (C=O) groups is 2. The van der Waals surface area contributed by atoms with Crippen LogP contribution in [0.25, 0.3) is 22.6 Å². The highest BCUT2D eigenvalue weighted by Gasteiger charge is 2.55. The summed E-state index contributed by atoms with van der Waals surface area (Å²) in [5, 5.41) is 0. The maximum absolute atomic E-state index is 13.6. The van der Waals surface area contributed by atoms with Gasteiger partial charge in [-0.05, 0) is 37.3 Å². The number of hydrogen-bond donors (Lipinski definition) is 2. The van der Waals surface area contributed by atoms with Gasteiger partial charge in [0, 0.05) is 38.7 Å². The van der Waals surface area contributed by atoms with Gasteiger partial charge in [0.2, 0.25) is 12.2 Å². The van der Waals surface area contributed by atoms with Crippen LogP contribution in [0.5, 0.6) is 0 Å². The van der Waals surface area contributed by atoms with Crippen molar-refractivity contribution in [2.45, 2.75) is 31.7 Å². The predicted octanol–water partition coefficient (Wildman–Crippen LogP) is 2.35. The van der Waals surface area contributed by atoms with Gasteiger partial charge in [-0.1, -0.05) is 0 Å². The number of nitrogens with one attached hydrogen (secondary N) is 1. The molecular formula is C25H27FN6O5. The quantitative estimate of drug-likeness (QED) is 0.457. The zero-order valence-corrected chi connectivity index (χ0v) is 20.7. The largest absolute Gasteiger partial charge is 0.448 e. The lowest BCUT2D eigenvalue weighted by molar-refractivity contribution is -0.240. The number of ether oxygens (including phenoxy) is 3. The van der Waals surface area contributed by atoms with Gasteiger partial charge in [-0.15, -0.1) is 0 Å². The molecule has 1 saturated carbocycles. The molecule has 1 amide bonds. The van der Waals surface area contributed by atoms with E-state index < -0.39 is 29.2 Å². The van der Waals surface area contributed by atoms with Crippen LogP contribution in [0.4, 0.5) is 10.3 Å². The fraction of sp³-hybridized carbons (Fsp3) is 0.400. The number of nitrogens with two attached hydrogens (primary N) is 1. The number of H-pyrrole nitrogens is 1. The summed E-state index contributed by atoms with van der Waals surface area (Å²) < 4.78 is 30.8. The van der Waals surface area contributed by atoms with E-state index in [1.807, 2.05) is 14.1 Å². The van der Waals surface area contributed by atoms with Crippen LogP contribution in [-0.4, -0.2) is 64.7 Å². The number of halogens is 1. The molecule has 2 aliphatic rings. The molecule has 1 aromatic carbocycles. The third kappa shape index (κ3) is 4.77. The maximum Gasteiger partial charge on any atom is 0.317 e. The third-order valence-corrected chi connectivity index (χ3v) is 6.40. The normalized spacial score (nSPS) is 22.3. The van der Waals surface area contributed by atoms with Gasteiger partial charge >= 0.3 is 5.97 Å². The number of imidazole rings is 1. The first-order chi connectivity index (χ1) is 17.6. The number of benzene rings is 1. The molecule has 194 valence electrons. The van der Waals surface area contributed by atoms with Crippen LogP contribution in [0.1, 0.15) is 31.9 Å². The van der Waals surface area contributed by atoms with Gasteiger partial charge < -0.3 is 29.8 Å². The standard InChI is InChI=1S/C25H27FN6O5/c1-24(22(34)37-25(9-10-25)21(27)33)12-35-20(36-13-24)19-30-17(14-4-6-15(26)7-5-14)18(31-19)16-8-11-28-23(29-16)32(2)3/h4-8,11,20H,9-10,12-13H2,1-3H3,(H2,27,33)(H,30,31). The lowest BCUT2D eigenvalue weighted by Crippen LogP contribution is -2.47. The number of esters is 1. The number of rotatable bonds is 7. The lowest BCUT2D eigenvalue weighted by atomic mass is 9.92. The van der Waals surface area contributed by atoms with Crippen molar-refractivity contribution in [3.8, 4) is 22.6 Å². The van der Waals surface area contributed by atoms with E-state index in [1.165, 1.54) is 12.1 Å². The maximum atomic E-state index is 13.6. The van der Waals surface area contributed by atoms with Crippen LogP contribution in [0.2, 0.25) is 0 Å². The molecule has 37 heavy (non-hydrogen) atoms. The number of anilines is 1. The minimum atomic E-state index is -1.22. The number of nitrogens with zero attached hydrogens (tertiary/aromatic N) is 4. The van der Waals surface area contributed by atoms with Gasteiger partial charge in [0.1, 0.15) is 11.2 Å². The second-order valence-corrected chi connectivity index (χ2v) is 9.75. The number of amides is 1. The van der Waals surface area contributed by atoms with Crippen molar-refractivity contribution in [3.63, 3.8) is 0 Å². The summed E-state index contributed by atoms with van der Waals surface area (Å²) in [4.78, 5) is 43.0. The summed E-state index contributed by atoms with van der Waals surface area (Å²) in [6.45, 7) is 1.60. The molecule has 2 aromatic heterocycles. The van der Waals surface area contributed by atoms with Crippen molar-refractivity contribution in [2.24, 2.45) is 11.1 Å². The Morgan fingerprint density at radius 3 is 2.41 bits per heavy atom. The number of aromatic amines is 1. The summed E-state index contributed by atoms with van der Waals surface area (Å²) in [6, 6.07) is 7.67. The second kappa shape index (κ2) is 9.20. The highest BCUT2D eigenvalue weighted by Crippen LogP contribution is 2.42. The van der Waals surface area contributed by atoms with Gasteiger partial charge in [-0.3, -0.25) is 9.59 Å². The number of hydrogen-bond acceptors (Lipinski definition) is 9. The average Bonchev–Trinajstić information content (AvgIpc) is 3.54. The van der Waals surface area contributed by atoms with E-state index in [1.54, 1.807) is 36.2 Å². The van der Waals surface area contributed by atoms with Crippen molar-refractivity contribution >= 4 is 17.8 Å². The molecule has 2 fully saturated rings. The zero-order valence-electron chi connectivity index (χ0n) is 20.7.